The van der Waals surface area contributed by atoms with Crippen LogP contribution in [-0.2, 0) is 6.54 Å². The minimum absolute atomic E-state index is 0. The maximum absolute atomic E-state index is 8.02. The average molecular weight is 181 g/mol. The summed E-state index contributed by atoms with van der Waals surface area (Å²) in [5.41, 5.74) is 8.02. The molecule has 1 heterocycles. The molecule has 6 nitrogen and oxygen atoms in total. The molecule has 0 saturated heterocycles. The van der Waals surface area contributed by atoms with Gasteiger partial charge in [-0.1, -0.05) is 17.7 Å². The predicted octanol–water partition coefficient (Wildman–Crippen LogP) is 2.39. The molecule has 0 atom stereocenters. The molecule has 2 rings (SSSR count). The number of rotatable bonds is 3. The molecule has 1 aromatic heterocycles. The van der Waals surface area contributed by atoms with Gasteiger partial charge in [0.2, 0.25) is 5.89 Å². The van der Waals surface area contributed by atoms with Crippen molar-refractivity contribution >= 4 is 0 Å². The second-order valence-electron chi connectivity index (χ2n) is 2.71. The van der Waals surface area contributed by atoms with E-state index in [9.17, 15) is 0 Å². The Morgan fingerprint density at radius 3 is 3.00 bits per heavy atom. The zero-order chi connectivity index (χ0) is 8.39. The van der Waals surface area contributed by atoms with E-state index in [1.54, 1.807) is 0 Å². The number of azide groups is 1. The molecular formula is C7H11N5O. The van der Waals surface area contributed by atoms with Gasteiger partial charge in [0.1, 0.15) is 6.54 Å². The van der Waals surface area contributed by atoms with Crippen LogP contribution in [0.3, 0.4) is 0 Å². The molecule has 1 saturated carbocycles. The highest BCUT2D eigenvalue weighted by Crippen LogP contribution is 2.38. The van der Waals surface area contributed by atoms with Crippen molar-refractivity contribution in [2.45, 2.75) is 32.7 Å². The van der Waals surface area contributed by atoms with Gasteiger partial charge in [0.15, 0.2) is 5.82 Å². The van der Waals surface area contributed by atoms with E-state index in [4.69, 9.17) is 10.1 Å². The molecular weight excluding hydrogens is 170 g/mol. The molecule has 0 unspecified atom stereocenters. The Morgan fingerprint density at radius 1 is 1.62 bits per heavy atom. The lowest BCUT2D eigenvalue weighted by Gasteiger charge is -1.79. The van der Waals surface area contributed by atoms with Gasteiger partial charge in [-0.15, -0.1) is 0 Å². The van der Waals surface area contributed by atoms with Crippen LogP contribution in [0.4, 0.5) is 0 Å². The van der Waals surface area contributed by atoms with Crippen molar-refractivity contribution in [3.05, 3.63) is 22.2 Å². The van der Waals surface area contributed by atoms with E-state index in [0.717, 1.165) is 18.7 Å². The van der Waals surface area contributed by atoms with Crippen LogP contribution in [0.5, 0.6) is 0 Å². The van der Waals surface area contributed by atoms with Gasteiger partial charge in [0.25, 0.3) is 0 Å². The fourth-order valence-corrected chi connectivity index (χ4v) is 0.932. The number of nitrogens with zero attached hydrogens (tertiary/aromatic N) is 5. The first-order valence-corrected chi connectivity index (χ1v) is 3.73. The molecule has 0 bridgehead atoms. The van der Waals surface area contributed by atoms with Crippen molar-refractivity contribution in [1.82, 2.24) is 10.1 Å². The van der Waals surface area contributed by atoms with Crippen LogP contribution < -0.4 is 0 Å². The molecule has 6 heteroatoms. The number of aromatic nitrogens is 2. The second-order valence-corrected chi connectivity index (χ2v) is 2.71. The van der Waals surface area contributed by atoms with Gasteiger partial charge in [-0.25, -0.2) is 0 Å². The first-order chi connectivity index (χ1) is 5.90. The van der Waals surface area contributed by atoms with Crippen LogP contribution in [0.2, 0.25) is 0 Å². The molecule has 0 N–H and O–H groups in total. The normalized spacial score (nSPS) is 14.5. The smallest absolute Gasteiger partial charge is 0.232 e. The van der Waals surface area contributed by atoms with E-state index in [1.807, 2.05) is 0 Å². The topological polar surface area (TPSA) is 87.7 Å². The van der Waals surface area contributed by atoms with Gasteiger partial charge in [-0.2, -0.15) is 4.98 Å². The zero-order valence-electron chi connectivity index (χ0n) is 6.34. The summed E-state index contributed by atoms with van der Waals surface area (Å²) >= 11 is 0. The number of hydrogen-bond donors (Lipinski definition) is 0. The highest BCUT2D eigenvalue weighted by atomic mass is 16.5. The minimum atomic E-state index is 0. The molecule has 1 fully saturated rings. The maximum atomic E-state index is 8.02. The third-order valence-corrected chi connectivity index (χ3v) is 1.70. The monoisotopic (exact) mass is 181 g/mol. The largest absolute Gasteiger partial charge is 0.339 e. The molecule has 0 aliphatic heterocycles. The Kier molecular flexibility index (Phi) is 2.87. The SMILES string of the molecule is C.[N-]=[N+]=NCc1nc(C2CC2)no1. The van der Waals surface area contributed by atoms with E-state index in [2.05, 4.69) is 20.2 Å². The zero-order valence-corrected chi connectivity index (χ0v) is 6.34. The van der Waals surface area contributed by atoms with Gasteiger partial charge < -0.3 is 4.52 Å². The lowest BCUT2D eigenvalue weighted by molar-refractivity contribution is 0.374. The standard InChI is InChI=1S/C6H7N5O.CH4/c7-11-8-3-5-9-6(10-12-5)4-1-2-4;/h4H,1-3H2;1H4. The summed E-state index contributed by atoms with van der Waals surface area (Å²) in [6, 6.07) is 0. The molecule has 1 aromatic rings. The first kappa shape index (κ1) is 9.54. The molecule has 0 spiro atoms. The Hall–Kier alpha value is -1.55. The lowest BCUT2D eigenvalue weighted by atomic mass is 10.4. The Bertz CT molecular complexity index is 323. The lowest BCUT2D eigenvalue weighted by Crippen LogP contribution is -1.83. The van der Waals surface area contributed by atoms with E-state index in [-0.39, 0.29) is 14.0 Å². The van der Waals surface area contributed by atoms with Crippen molar-refractivity contribution in [2.24, 2.45) is 5.11 Å². The van der Waals surface area contributed by atoms with Gasteiger partial charge in [-0.05, 0) is 18.4 Å². The molecule has 0 radical (unpaired) electrons. The van der Waals surface area contributed by atoms with Gasteiger partial charge in [0.05, 0.1) is 0 Å². The maximum Gasteiger partial charge on any atom is 0.232 e. The Morgan fingerprint density at radius 2 is 2.38 bits per heavy atom. The van der Waals surface area contributed by atoms with E-state index >= 15 is 0 Å². The van der Waals surface area contributed by atoms with Crippen molar-refractivity contribution in [2.75, 3.05) is 0 Å². The van der Waals surface area contributed by atoms with Crippen LogP contribution in [0.15, 0.2) is 9.64 Å². The third-order valence-electron chi connectivity index (χ3n) is 1.70. The molecule has 70 valence electrons. The van der Waals surface area contributed by atoms with Crippen molar-refractivity contribution < 1.29 is 4.52 Å². The highest BCUT2D eigenvalue weighted by Gasteiger charge is 2.28. The summed E-state index contributed by atoms with van der Waals surface area (Å²) in [5, 5.41) is 7.08. The van der Waals surface area contributed by atoms with Crippen LogP contribution in [-0.4, -0.2) is 10.1 Å². The van der Waals surface area contributed by atoms with Crippen molar-refractivity contribution in [3.63, 3.8) is 0 Å². The highest BCUT2D eigenvalue weighted by molar-refractivity contribution is 5.03. The summed E-state index contributed by atoms with van der Waals surface area (Å²) in [6.45, 7) is 0.149. The molecule has 1 aliphatic rings. The number of hydrogen-bond acceptors (Lipinski definition) is 4. The Balaban J connectivity index is 0.000000845. The van der Waals surface area contributed by atoms with Crippen LogP contribution in [0.25, 0.3) is 10.4 Å². The quantitative estimate of drug-likeness (QED) is 0.407. The van der Waals surface area contributed by atoms with Gasteiger partial charge in [-0.3, -0.25) is 0 Å². The summed E-state index contributed by atoms with van der Waals surface area (Å²) in [4.78, 5) is 6.67. The molecule has 13 heavy (non-hydrogen) atoms. The van der Waals surface area contributed by atoms with E-state index in [1.165, 1.54) is 0 Å². The summed E-state index contributed by atoms with van der Waals surface area (Å²) in [5.74, 6) is 1.63. The van der Waals surface area contributed by atoms with E-state index < -0.39 is 0 Å². The van der Waals surface area contributed by atoms with Crippen LogP contribution >= 0.6 is 0 Å². The van der Waals surface area contributed by atoms with E-state index in [0.29, 0.717) is 11.8 Å². The van der Waals surface area contributed by atoms with Gasteiger partial charge >= 0.3 is 0 Å². The Labute approximate surface area is 75.6 Å². The minimum Gasteiger partial charge on any atom is -0.339 e. The predicted molar refractivity (Wildman–Crippen MR) is 45.9 cm³/mol. The van der Waals surface area contributed by atoms with Gasteiger partial charge in [0, 0.05) is 10.8 Å². The summed E-state index contributed by atoms with van der Waals surface area (Å²) < 4.78 is 4.84. The molecule has 1 aliphatic carbocycles. The van der Waals surface area contributed by atoms with Crippen LogP contribution in [0, 0.1) is 0 Å². The fourth-order valence-electron chi connectivity index (χ4n) is 0.932. The fraction of sp³-hybridized carbons (Fsp3) is 0.714. The molecule has 0 aromatic carbocycles. The first-order valence-electron chi connectivity index (χ1n) is 3.73. The van der Waals surface area contributed by atoms with Crippen molar-refractivity contribution in [3.8, 4) is 0 Å². The summed E-state index contributed by atoms with van der Waals surface area (Å²) in [6.07, 6.45) is 2.28. The molecule has 0 amide bonds. The van der Waals surface area contributed by atoms with Crippen LogP contribution in [0.1, 0.15) is 37.9 Å². The third kappa shape index (κ3) is 2.19. The second kappa shape index (κ2) is 3.91. The summed E-state index contributed by atoms with van der Waals surface area (Å²) in [7, 11) is 0. The average Bonchev–Trinajstić information content (AvgIpc) is 2.83. The van der Waals surface area contributed by atoms with Crippen molar-refractivity contribution in [1.29, 1.82) is 0 Å².